The Morgan fingerprint density at radius 2 is 1.73 bits per heavy atom. The van der Waals surface area contributed by atoms with Crippen LogP contribution in [0.2, 0.25) is 0 Å². The van der Waals surface area contributed by atoms with Crippen LogP contribution in [0.15, 0.2) is 59.5 Å². The number of carbonyl (C=O) groups excluding carboxylic acids is 2. The van der Waals surface area contributed by atoms with Crippen molar-refractivity contribution in [3.8, 4) is 12.3 Å². The van der Waals surface area contributed by atoms with Crippen LogP contribution in [0.5, 0.6) is 0 Å². The Bertz CT molecular complexity index is 934. The maximum Gasteiger partial charge on any atom is 0.269 e. The molecule has 0 bridgehead atoms. The fourth-order valence-electron chi connectivity index (χ4n) is 2.05. The van der Waals surface area contributed by atoms with Gasteiger partial charge in [-0.05, 0) is 23.8 Å². The van der Waals surface area contributed by atoms with E-state index in [0.29, 0.717) is 0 Å². The van der Waals surface area contributed by atoms with Crippen LogP contribution in [0.1, 0.15) is 15.9 Å². The molecule has 0 atom stereocenters. The van der Waals surface area contributed by atoms with Gasteiger partial charge in [0.05, 0.1) is 17.9 Å². The summed E-state index contributed by atoms with van der Waals surface area (Å²) in [6, 6.07) is 14.4. The summed E-state index contributed by atoms with van der Waals surface area (Å²) in [5.41, 5.74) is 5.42. The molecule has 2 aromatic carbocycles. The third-order valence-corrected chi connectivity index (χ3v) is 4.69. The molecule has 0 aliphatic carbocycles. The maximum atomic E-state index is 12.1. The van der Waals surface area contributed by atoms with E-state index in [1.807, 2.05) is 6.07 Å². The second-order valence-electron chi connectivity index (χ2n) is 5.22. The molecule has 0 fully saturated rings. The van der Waals surface area contributed by atoms with Crippen molar-refractivity contribution in [1.82, 2.24) is 15.6 Å². The normalized spacial score (nSPS) is 10.6. The van der Waals surface area contributed by atoms with Gasteiger partial charge in [0.25, 0.3) is 5.91 Å². The number of amides is 2. The molecular formula is C18H17N3O4S. The van der Waals surface area contributed by atoms with Gasteiger partial charge < -0.3 is 0 Å². The van der Waals surface area contributed by atoms with Crippen LogP contribution < -0.4 is 15.6 Å². The zero-order valence-electron chi connectivity index (χ0n) is 13.7. The first-order chi connectivity index (χ1) is 12.4. The molecule has 26 heavy (non-hydrogen) atoms. The molecule has 0 aliphatic rings. The van der Waals surface area contributed by atoms with Gasteiger partial charge >= 0.3 is 0 Å². The standard InChI is InChI=1S/C18H17N3O4S/c1-2-11-19-26(24,25)16-10-6-9-15(13-16)18(23)21-20-17(22)12-14-7-4-3-5-8-14/h1,3-10,13,19H,11-12H2,(H,20,22)(H,21,23). The molecule has 0 aromatic heterocycles. The van der Waals surface area contributed by atoms with Gasteiger partial charge in [0.2, 0.25) is 15.9 Å². The number of hydrazine groups is 1. The SMILES string of the molecule is C#CCNS(=O)(=O)c1cccc(C(=O)NNC(=O)Cc2ccccc2)c1. The van der Waals surface area contributed by atoms with Crippen LogP contribution in [0.25, 0.3) is 0 Å². The summed E-state index contributed by atoms with van der Waals surface area (Å²) < 4.78 is 26.3. The number of hydrogen-bond acceptors (Lipinski definition) is 4. The molecule has 7 nitrogen and oxygen atoms in total. The summed E-state index contributed by atoms with van der Waals surface area (Å²) in [5.74, 6) is 1.13. The summed E-state index contributed by atoms with van der Waals surface area (Å²) in [6.45, 7) is -0.158. The largest absolute Gasteiger partial charge is 0.273 e. The second-order valence-corrected chi connectivity index (χ2v) is 6.99. The number of benzene rings is 2. The molecule has 2 aromatic rings. The molecule has 2 amide bonds. The van der Waals surface area contributed by atoms with Gasteiger partial charge in [0, 0.05) is 5.56 Å². The molecule has 0 saturated carbocycles. The molecule has 3 N–H and O–H groups in total. The Balaban J connectivity index is 1.98. The number of terminal acetylenes is 1. The van der Waals surface area contributed by atoms with Crippen LogP contribution in [0.4, 0.5) is 0 Å². The lowest BCUT2D eigenvalue weighted by atomic mass is 10.1. The van der Waals surface area contributed by atoms with E-state index in [-0.39, 0.29) is 23.4 Å². The van der Waals surface area contributed by atoms with E-state index in [0.717, 1.165) is 5.56 Å². The second kappa shape index (κ2) is 8.80. The monoisotopic (exact) mass is 371 g/mol. The smallest absolute Gasteiger partial charge is 0.269 e. The van der Waals surface area contributed by atoms with Gasteiger partial charge in [-0.25, -0.2) is 8.42 Å². The zero-order valence-corrected chi connectivity index (χ0v) is 14.5. The van der Waals surface area contributed by atoms with Crippen LogP contribution >= 0.6 is 0 Å². The van der Waals surface area contributed by atoms with Crippen molar-refractivity contribution in [3.05, 3.63) is 65.7 Å². The Kier molecular flexibility index (Phi) is 6.49. The van der Waals surface area contributed by atoms with E-state index in [1.165, 1.54) is 24.3 Å². The van der Waals surface area contributed by atoms with E-state index in [1.54, 1.807) is 24.3 Å². The molecule has 0 heterocycles. The first-order valence-electron chi connectivity index (χ1n) is 7.58. The number of sulfonamides is 1. The summed E-state index contributed by atoms with van der Waals surface area (Å²) >= 11 is 0. The van der Waals surface area contributed by atoms with Crippen molar-refractivity contribution in [3.63, 3.8) is 0 Å². The Hall–Kier alpha value is -3.15. The highest BCUT2D eigenvalue weighted by Crippen LogP contribution is 2.11. The fourth-order valence-corrected chi connectivity index (χ4v) is 3.03. The average Bonchev–Trinajstić information content (AvgIpc) is 2.65. The summed E-state index contributed by atoms with van der Waals surface area (Å²) in [4.78, 5) is 23.9. The van der Waals surface area contributed by atoms with E-state index in [4.69, 9.17) is 6.42 Å². The summed E-state index contributed by atoms with van der Waals surface area (Å²) in [5, 5.41) is 0. The molecule has 0 unspecified atom stereocenters. The topological polar surface area (TPSA) is 104 Å². The molecular weight excluding hydrogens is 354 g/mol. The van der Waals surface area contributed by atoms with Gasteiger partial charge in [-0.3, -0.25) is 20.4 Å². The van der Waals surface area contributed by atoms with Crippen LogP contribution in [-0.2, 0) is 21.2 Å². The third-order valence-electron chi connectivity index (χ3n) is 3.29. The van der Waals surface area contributed by atoms with Gasteiger partial charge in [-0.15, -0.1) is 6.42 Å². The van der Waals surface area contributed by atoms with Crippen molar-refractivity contribution < 1.29 is 18.0 Å². The van der Waals surface area contributed by atoms with Crippen LogP contribution in [0.3, 0.4) is 0 Å². The lowest BCUT2D eigenvalue weighted by Crippen LogP contribution is -2.42. The maximum absolute atomic E-state index is 12.1. The number of carbonyl (C=O) groups is 2. The van der Waals surface area contributed by atoms with Crippen molar-refractivity contribution in [2.45, 2.75) is 11.3 Å². The van der Waals surface area contributed by atoms with Crippen LogP contribution in [-0.4, -0.2) is 26.8 Å². The van der Waals surface area contributed by atoms with Gasteiger partial charge in [0.1, 0.15) is 0 Å². The minimum absolute atomic E-state index is 0.0774. The van der Waals surface area contributed by atoms with Crippen LogP contribution in [0, 0.1) is 12.3 Å². The molecule has 8 heteroatoms. The lowest BCUT2D eigenvalue weighted by Gasteiger charge is -2.09. The predicted octanol–water partition coefficient (Wildman–Crippen LogP) is 0.602. The van der Waals surface area contributed by atoms with Crippen molar-refractivity contribution >= 4 is 21.8 Å². The molecule has 0 spiro atoms. The Morgan fingerprint density at radius 1 is 1.00 bits per heavy atom. The fraction of sp³-hybridized carbons (Fsp3) is 0.111. The predicted molar refractivity (Wildman–Crippen MR) is 96.2 cm³/mol. The third kappa shape index (κ3) is 5.44. The van der Waals surface area contributed by atoms with Gasteiger partial charge in [-0.1, -0.05) is 42.3 Å². The van der Waals surface area contributed by atoms with E-state index < -0.39 is 21.8 Å². The number of nitrogens with one attached hydrogen (secondary N) is 3. The van der Waals surface area contributed by atoms with E-state index in [9.17, 15) is 18.0 Å². The number of hydrogen-bond donors (Lipinski definition) is 3. The summed E-state index contributed by atoms with van der Waals surface area (Å²) in [7, 11) is -3.81. The van der Waals surface area contributed by atoms with E-state index >= 15 is 0 Å². The van der Waals surface area contributed by atoms with Crippen molar-refractivity contribution in [2.24, 2.45) is 0 Å². The molecule has 134 valence electrons. The van der Waals surface area contributed by atoms with Crippen molar-refractivity contribution in [2.75, 3.05) is 6.54 Å². The quantitative estimate of drug-likeness (QED) is 0.511. The number of rotatable bonds is 6. The molecule has 0 radical (unpaired) electrons. The average molecular weight is 371 g/mol. The Morgan fingerprint density at radius 3 is 2.42 bits per heavy atom. The first kappa shape index (κ1) is 19.2. The first-order valence-corrected chi connectivity index (χ1v) is 9.07. The highest BCUT2D eigenvalue weighted by atomic mass is 32.2. The molecule has 2 rings (SSSR count). The lowest BCUT2D eigenvalue weighted by molar-refractivity contribution is -0.121. The summed E-state index contributed by atoms with van der Waals surface area (Å²) in [6.07, 6.45) is 5.14. The van der Waals surface area contributed by atoms with E-state index in [2.05, 4.69) is 21.5 Å². The Labute approximate surface area is 151 Å². The molecule has 0 aliphatic heterocycles. The highest BCUT2D eigenvalue weighted by Gasteiger charge is 2.16. The molecule has 0 saturated heterocycles. The van der Waals surface area contributed by atoms with Gasteiger partial charge in [0.15, 0.2) is 0 Å². The van der Waals surface area contributed by atoms with Gasteiger partial charge in [-0.2, -0.15) is 4.72 Å². The minimum Gasteiger partial charge on any atom is -0.273 e. The minimum atomic E-state index is -3.81. The highest BCUT2D eigenvalue weighted by molar-refractivity contribution is 7.89. The van der Waals surface area contributed by atoms with Crippen molar-refractivity contribution in [1.29, 1.82) is 0 Å². The zero-order chi connectivity index (χ0) is 19.0.